The molecule has 2 aliphatic heterocycles. The van der Waals surface area contributed by atoms with Crippen LogP contribution in [0.2, 0.25) is 0 Å². The topological polar surface area (TPSA) is 37.8 Å². The summed E-state index contributed by atoms with van der Waals surface area (Å²) in [5.74, 6) is 0. The van der Waals surface area contributed by atoms with Gasteiger partial charge in [-0.2, -0.15) is 0 Å². The van der Waals surface area contributed by atoms with Crippen molar-refractivity contribution in [2.75, 3.05) is 0 Å². The van der Waals surface area contributed by atoms with E-state index in [0.717, 1.165) is 11.6 Å². The third kappa shape index (κ3) is 1.34. The van der Waals surface area contributed by atoms with Gasteiger partial charge in [0.1, 0.15) is 6.33 Å². The molecule has 3 rings (SSSR count). The van der Waals surface area contributed by atoms with Gasteiger partial charge < -0.3 is 5.32 Å². The van der Waals surface area contributed by atoms with Gasteiger partial charge in [-0.1, -0.05) is 11.6 Å². The van der Waals surface area contributed by atoms with Gasteiger partial charge in [-0.05, 0) is 19.3 Å². The van der Waals surface area contributed by atoms with E-state index in [9.17, 15) is 0 Å². The van der Waals surface area contributed by atoms with Gasteiger partial charge in [0.2, 0.25) is 0 Å². The first-order valence-corrected chi connectivity index (χ1v) is 5.13. The predicted octanol–water partition coefficient (Wildman–Crippen LogP) is 1.38. The van der Waals surface area contributed by atoms with Gasteiger partial charge in [-0.3, -0.25) is 0 Å². The highest BCUT2D eigenvalue weighted by molar-refractivity contribution is 5.54. The van der Waals surface area contributed by atoms with Gasteiger partial charge in [0, 0.05) is 30.0 Å². The van der Waals surface area contributed by atoms with Crippen LogP contribution < -0.4 is 5.32 Å². The maximum atomic E-state index is 4.01. The van der Waals surface area contributed by atoms with Crippen molar-refractivity contribution in [2.45, 2.75) is 31.3 Å². The lowest BCUT2D eigenvalue weighted by Gasteiger charge is -2.10. The molecule has 0 aromatic carbocycles. The summed E-state index contributed by atoms with van der Waals surface area (Å²) < 4.78 is 0. The number of fused-ring (bicyclic) bond motifs is 2. The van der Waals surface area contributed by atoms with Crippen LogP contribution in [0.3, 0.4) is 0 Å². The zero-order chi connectivity index (χ0) is 9.38. The lowest BCUT2D eigenvalue weighted by atomic mass is 9.94. The number of hydrogen-bond acceptors (Lipinski definition) is 3. The molecule has 2 aliphatic rings. The molecule has 0 saturated carbocycles. The molecule has 2 bridgehead atoms. The smallest absolute Gasteiger partial charge is 0.115 e. The molecule has 2 saturated heterocycles. The van der Waals surface area contributed by atoms with Crippen LogP contribution in [0.25, 0.3) is 6.08 Å². The second kappa shape index (κ2) is 3.17. The molecule has 3 heterocycles. The van der Waals surface area contributed by atoms with Gasteiger partial charge in [0.15, 0.2) is 0 Å². The molecular formula is C11H13N3. The molecule has 0 aliphatic carbocycles. The summed E-state index contributed by atoms with van der Waals surface area (Å²) >= 11 is 0. The predicted molar refractivity (Wildman–Crippen MR) is 54.6 cm³/mol. The number of hydrogen-bond donors (Lipinski definition) is 1. The number of nitrogens with one attached hydrogen (secondary N) is 1. The summed E-state index contributed by atoms with van der Waals surface area (Å²) in [6.07, 6.45) is 11.4. The van der Waals surface area contributed by atoms with Crippen LogP contribution in [0.15, 0.2) is 24.3 Å². The van der Waals surface area contributed by atoms with Crippen LogP contribution in [-0.4, -0.2) is 22.1 Å². The Balaban J connectivity index is 1.86. The third-order valence-corrected chi connectivity index (χ3v) is 3.10. The molecule has 72 valence electrons. The highest BCUT2D eigenvalue weighted by Crippen LogP contribution is 2.33. The molecule has 3 heteroatoms. The van der Waals surface area contributed by atoms with Crippen LogP contribution in [0.4, 0.5) is 0 Å². The molecule has 0 amide bonds. The summed E-state index contributed by atoms with van der Waals surface area (Å²) in [7, 11) is 0. The molecule has 2 atom stereocenters. The van der Waals surface area contributed by atoms with Crippen molar-refractivity contribution in [3.05, 3.63) is 29.9 Å². The fourth-order valence-corrected chi connectivity index (χ4v) is 2.46. The zero-order valence-corrected chi connectivity index (χ0v) is 7.98. The fraction of sp³-hybridized carbons (Fsp3) is 0.455. The number of rotatable bonds is 1. The van der Waals surface area contributed by atoms with Crippen molar-refractivity contribution < 1.29 is 0 Å². The highest BCUT2D eigenvalue weighted by atomic mass is 15.0. The first kappa shape index (κ1) is 8.12. The number of aromatic nitrogens is 2. The van der Waals surface area contributed by atoms with Gasteiger partial charge >= 0.3 is 0 Å². The first-order chi connectivity index (χ1) is 6.92. The molecule has 14 heavy (non-hydrogen) atoms. The average molecular weight is 187 g/mol. The first-order valence-electron chi connectivity index (χ1n) is 5.13. The summed E-state index contributed by atoms with van der Waals surface area (Å²) in [6, 6.07) is 1.36. The molecule has 0 radical (unpaired) electrons. The molecular weight excluding hydrogens is 174 g/mol. The Hall–Kier alpha value is -1.22. The van der Waals surface area contributed by atoms with E-state index in [4.69, 9.17) is 0 Å². The van der Waals surface area contributed by atoms with Crippen molar-refractivity contribution >= 4 is 6.08 Å². The van der Waals surface area contributed by atoms with E-state index in [1.807, 2.05) is 12.4 Å². The second-order valence-corrected chi connectivity index (χ2v) is 4.09. The van der Waals surface area contributed by atoms with Gasteiger partial charge in [0.25, 0.3) is 0 Å². The Bertz CT molecular complexity index is 358. The third-order valence-electron chi connectivity index (χ3n) is 3.10. The van der Waals surface area contributed by atoms with Crippen molar-refractivity contribution in [1.29, 1.82) is 0 Å². The van der Waals surface area contributed by atoms with E-state index in [1.54, 1.807) is 6.33 Å². The second-order valence-electron chi connectivity index (χ2n) is 4.09. The minimum Gasteiger partial charge on any atom is -0.307 e. The van der Waals surface area contributed by atoms with Crippen molar-refractivity contribution in [3.8, 4) is 0 Å². The maximum Gasteiger partial charge on any atom is 0.115 e. The normalized spacial score (nSPS) is 32.7. The average Bonchev–Trinajstić information content (AvgIpc) is 2.81. The minimum atomic E-state index is 0.625. The lowest BCUT2D eigenvalue weighted by Crippen LogP contribution is -2.18. The van der Waals surface area contributed by atoms with E-state index < -0.39 is 0 Å². The molecule has 3 nitrogen and oxygen atoms in total. The quantitative estimate of drug-likeness (QED) is 0.721. The van der Waals surface area contributed by atoms with Crippen LogP contribution in [0, 0.1) is 0 Å². The Morgan fingerprint density at radius 1 is 1.29 bits per heavy atom. The van der Waals surface area contributed by atoms with Crippen molar-refractivity contribution in [3.63, 3.8) is 0 Å². The maximum absolute atomic E-state index is 4.01. The zero-order valence-electron chi connectivity index (χ0n) is 7.98. The van der Waals surface area contributed by atoms with Crippen molar-refractivity contribution in [1.82, 2.24) is 15.3 Å². The van der Waals surface area contributed by atoms with Gasteiger partial charge in [0.05, 0.1) is 0 Å². The van der Waals surface area contributed by atoms with E-state index in [2.05, 4.69) is 21.4 Å². The Labute approximate surface area is 83.3 Å². The Kier molecular flexibility index (Phi) is 1.84. The fourth-order valence-electron chi connectivity index (χ4n) is 2.46. The molecule has 1 aromatic heterocycles. The van der Waals surface area contributed by atoms with Crippen LogP contribution in [-0.2, 0) is 0 Å². The lowest BCUT2D eigenvalue weighted by molar-refractivity contribution is 0.647. The molecule has 2 fully saturated rings. The molecule has 1 aromatic rings. The highest BCUT2D eigenvalue weighted by Gasteiger charge is 2.34. The number of nitrogens with zero attached hydrogens (tertiary/aromatic N) is 2. The monoisotopic (exact) mass is 187 g/mol. The summed E-state index contributed by atoms with van der Waals surface area (Å²) in [6.45, 7) is 0. The van der Waals surface area contributed by atoms with E-state index >= 15 is 0 Å². The molecule has 1 N–H and O–H groups in total. The minimum absolute atomic E-state index is 0.625. The Morgan fingerprint density at radius 2 is 2.14 bits per heavy atom. The molecule has 0 spiro atoms. The SMILES string of the molecule is C(=C1/CC2CCC1N2)/c1cncnc1. The van der Waals surface area contributed by atoms with Crippen LogP contribution in [0.1, 0.15) is 24.8 Å². The molecule has 2 unspecified atom stereocenters. The van der Waals surface area contributed by atoms with E-state index in [-0.39, 0.29) is 0 Å². The summed E-state index contributed by atoms with van der Waals surface area (Å²) in [5, 5.41) is 3.59. The van der Waals surface area contributed by atoms with E-state index in [1.165, 1.54) is 24.8 Å². The standard InChI is InChI=1S/C11H13N3/c1-2-11-9(4-10(1)14-11)3-8-5-12-7-13-6-8/h3,5-7,10-11,14H,1-2,4H2/b9-3+. The van der Waals surface area contributed by atoms with Crippen LogP contribution >= 0.6 is 0 Å². The summed E-state index contributed by atoms with van der Waals surface area (Å²) in [5.41, 5.74) is 2.65. The largest absolute Gasteiger partial charge is 0.307 e. The summed E-state index contributed by atoms with van der Waals surface area (Å²) in [4.78, 5) is 8.03. The van der Waals surface area contributed by atoms with Gasteiger partial charge in [-0.25, -0.2) is 9.97 Å². The van der Waals surface area contributed by atoms with Gasteiger partial charge in [-0.15, -0.1) is 0 Å². The Morgan fingerprint density at radius 3 is 2.79 bits per heavy atom. The van der Waals surface area contributed by atoms with Crippen LogP contribution in [0.5, 0.6) is 0 Å². The van der Waals surface area contributed by atoms with Crippen molar-refractivity contribution in [2.24, 2.45) is 0 Å². The van der Waals surface area contributed by atoms with E-state index in [0.29, 0.717) is 6.04 Å².